The summed E-state index contributed by atoms with van der Waals surface area (Å²) in [6.07, 6.45) is 18.6. The first kappa shape index (κ1) is 24.0. The van der Waals surface area contributed by atoms with Gasteiger partial charge in [0.25, 0.3) is 0 Å². The van der Waals surface area contributed by atoms with Crippen LogP contribution in [0.15, 0.2) is 24.3 Å². The van der Waals surface area contributed by atoms with Crippen molar-refractivity contribution in [3.05, 3.63) is 29.8 Å². The van der Waals surface area contributed by atoms with Gasteiger partial charge >= 0.3 is 0 Å². The Morgan fingerprint density at radius 3 is 1.74 bits per heavy atom. The van der Waals surface area contributed by atoms with Gasteiger partial charge < -0.3 is 9.47 Å². The normalized spacial score (nSPS) is 11.0. The van der Waals surface area contributed by atoms with E-state index in [1.807, 2.05) is 0 Å². The molecular weight excluding hydrogens is 332 g/mol. The Morgan fingerprint density at radius 2 is 1.11 bits per heavy atom. The summed E-state index contributed by atoms with van der Waals surface area (Å²) in [7, 11) is 0. The molecule has 0 aromatic heterocycles. The van der Waals surface area contributed by atoms with Gasteiger partial charge in [-0.05, 0) is 37.0 Å². The second-order valence-corrected chi connectivity index (χ2v) is 7.74. The number of hydrogen-bond acceptors (Lipinski definition) is 2. The molecule has 156 valence electrons. The molecule has 0 heterocycles. The van der Waals surface area contributed by atoms with Crippen LogP contribution < -0.4 is 4.74 Å². The summed E-state index contributed by atoms with van der Waals surface area (Å²) < 4.78 is 11.4. The molecule has 1 aromatic carbocycles. The van der Waals surface area contributed by atoms with Crippen molar-refractivity contribution in [1.82, 2.24) is 0 Å². The van der Waals surface area contributed by atoms with Crippen LogP contribution in [0.1, 0.15) is 103 Å². The first-order valence-corrected chi connectivity index (χ1v) is 11.7. The smallest absolute Gasteiger partial charge is 0.119 e. The fourth-order valence-corrected chi connectivity index (χ4v) is 3.34. The van der Waals surface area contributed by atoms with Crippen LogP contribution in [0.25, 0.3) is 0 Å². The topological polar surface area (TPSA) is 18.5 Å². The average Bonchev–Trinajstić information content (AvgIpc) is 2.70. The largest absolute Gasteiger partial charge is 0.491 e. The fourth-order valence-electron chi connectivity index (χ4n) is 3.34. The molecular formula is C25H44O2. The van der Waals surface area contributed by atoms with Gasteiger partial charge in [-0.2, -0.15) is 0 Å². The van der Waals surface area contributed by atoms with Crippen LogP contribution in [0.3, 0.4) is 0 Å². The van der Waals surface area contributed by atoms with E-state index in [-0.39, 0.29) is 0 Å². The number of hydrogen-bond donors (Lipinski definition) is 0. The molecule has 0 aliphatic rings. The molecule has 0 unspecified atom stereocenters. The highest BCUT2D eigenvalue weighted by atomic mass is 16.5. The highest BCUT2D eigenvalue weighted by molar-refractivity contribution is 5.27. The van der Waals surface area contributed by atoms with Crippen molar-refractivity contribution in [3.63, 3.8) is 0 Å². The number of rotatable bonds is 19. The Bertz CT molecular complexity index is 413. The molecule has 0 bridgehead atoms. The lowest BCUT2D eigenvalue weighted by Gasteiger charge is -2.08. The number of ether oxygens (including phenoxy) is 2. The van der Waals surface area contributed by atoms with Crippen molar-refractivity contribution < 1.29 is 9.47 Å². The van der Waals surface area contributed by atoms with Gasteiger partial charge in [0.1, 0.15) is 12.4 Å². The van der Waals surface area contributed by atoms with Gasteiger partial charge in [0, 0.05) is 6.61 Å². The summed E-state index contributed by atoms with van der Waals surface area (Å²) in [5.74, 6) is 0.960. The zero-order valence-electron chi connectivity index (χ0n) is 18.1. The molecule has 1 rings (SSSR count). The lowest BCUT2D eigenvalue weighted by molar-refractivity contribution is 0.0970. The SMILES string of the molecule is CCCCCCCCCc1ccc(OCCOCCCCCCCC)cc1. The Morgan fingerprint density at radius 1 is 0.556 bits per heavy atom. The Hall–Kier alpha value is -1.02. The summed E-state index contributed by atoms with van der Waals surface area (Å²) >= 11 is 0. The molecule has 2 heteroatoms. The quantitative estimate of drug-likeness (QED) is 0.230. The van der Waals surface area contributed by atoms with Gasteiger partial charge in [0.15, 0.2) is 0 Å². The van der Waals surface area contributed by atoms with E-state index in [2.05, 4.69) is 38.1 Å². The van der Waals surface area contributed by atoms with Crippen molar-refractivity contribution in [2.24, 2.45) is 0 Å². The molecule has 0 aliphatic carbocycles. The third kappa shape index (κ3) is 14.7. The lowest BCUT2D eigenvalue weighted by Crippen LogP contribution is -2.07. The van der Waals surface area contributed by atoms with Gasteiger partial charge in [0.05, 0.1) is 6.61 Å². The summed E-state index contributed by atoms with van der Waals surface area (Å²) in [5.41, 5.74) is 1.43. The van der Waals surface area contributed by atoms with E-state index in [1.54, 1.807) is 0 Å². The molecule has 0 amide bonds. The summed E-state index contributed by atoms with van der Waals surface area (Å²) in [4.78, 5) is 0. The minimum Gasteiger partial charge on any atom is -0.491 e. The van der Waals surface area contributed by atoms with E-state index < -0.39 is 0 Å². The average molecular weight is 377 g/mol. The van der Waals surface area contributed by atoms with Crippen LogP contribution in [-0.2, 0) is 11.2 Å². The van der Waals surface area contributed by atoms with E-state index in [1.165, 1.54) is 95.5 Å². The maximum Gasteiger partial charge on any atom is 0.119 e. The Balaban J connectivity index is 1.95. The van der Waals surface area contributed by atoms with E-state index in [9.17, 15) is 0 Å². The monoisotopic (exact) mass is 376 g/mol. The number of unbranched alkanes of at least 4 members (excludes halogenated alkanes) is 11. The van der Waals surface area contributed by atoms with Crippen LogP contribution in [0.2, 0.25) is 0 Å². The molecule has 2 nitrogen and oxygen atoms in total. The summed E-state index contributed by atoms with van der Waals surface area (Å²) in [6, 6.07) is 8.63. The Kier molecular flexibility index (Phi) is 16.3. The van der Waals surface area contributed by atoms with Crippen molar-refractivity contribution >= 4 is 0 Å². The molecule has 0 atom stereocenters. The predicted octanol–water partition coefficient (Wildman–Crippen LogP) is 7.74. The molecule has 0 fully saturated rings. The van der Waals surface area contributed by atoms with Crippen LogP contribution in [0, 0.1) is 0 Å². The zero-order chi connectivity index (χ0) is 19.4. The molecule has 0 saturated heterocycles. The van der Waals surface area contributed by atoms with Crippen molar-refractivity contribution in [2.75, 3.05) is 19.8 Å². The van der Waals surface area contributed by atoms with Crippen molar-refractivity contribution in [2.45, 2.75) is 104 Å². The maximum absolute atomic E-state index is 5.78. The highest BCUT2D eigenvalue weighted by Crippen LogP contribution is 2.15. The van der Waals surface area contributed by atoms with Crippen LogP contribution in [0.4, 0.5) is 0 Å². The van der Waals surface area contributed by atoms with Gasteiger partial charge in [-0.25, -0.2) is 0 Å². The lowest BCUT2D eigenvalue weighted by atomic mass is 10.0. The zero-order valence-corrected chi connectivity index (χ0v) is 18.1. The van der Waals surface area contributed by atoms with Crippen molar-refractivity contribution in [3.8, 4) is 5.75 Å². The highest BCUT2D eigenvalue weighted by Gasteiger charge is 1.98. The first-order valence-electron chi connectivity index (χ1n) is 11.7. The Labute approximate surface area is 169 Å². The standard InChI is InChI=1S/C25H44O2/c1-3-5-7-9-11-12-14-16-24-17-19-25(20-18-24)27-23-22-26-21-15-13-10-8-6-4-2/h17-20H,3-16,21-23H2,1-2H3. The van der Waals surface area contributed by atoms with Gasteiger partial charge in [-0.15, -0.1) is 0 Å². The fraction of sp³-hybridized carbons (Fsp3) is 0.760. The number of aryl methyl sites for hydroxylation is 1. The molecule has 0 radical (unpaired) electrons. The molecule has 0 saturated carbocycles. The van der Waals surface area contributed by atoms with E-state index >= 15 is 0 Å². The molecule has 0 aliphatic heterocycles. The van der Waals surface area contributed by atoms with Crippen LogP contribution in [0.5, 0.6) is 5.75 Å². The third-order valence-corrected chi connectivity index (χ3v) is 5.13. The summed E-state index contributed by atoms with van der Waals surface area (Å²) in [6.45, 7) is 6.73. The van der Waals surface area contributed by atoms with E-state index in [4.69, 9.17) is 9.47 Å². The summed E-state index contributed by atoms with van der Waals surface area (Å²) in [5, 5.41) is 0. The van der Waals surface area contributed by atoms with E-state index in [0.29, 0.717) is 13.2 Å². The van der Waals surface area contributed by atoms with Gasteiger partial charge in [-0.3, -0.25) is 0 Å². The first-order chi connectivity index (χ1) is 13.4. The minimum atomic E-state index is 0.646. The van der Waals surface area contributed by atoms with Crippen LogP contribution in [-0.4, -0.2) is 19.8 Å². The molecule has 0 N–H and O–H groups in total. The predicted molar refractivity (Wildman–Crippen MR) is 118 cm³/mol. The van der Waals surface area contributed by atoms with Crippen molar-refractivity contribution in [1.29, 1.82) is 0 Å². The van der Waals surface area contributed by atoms with Gasteiger partial charge in [-0.1, -0.05) is 96.6 Å². The minimum absolute atomic E-state index is 0.646. The second-order valence-electron chi connectivity index (χ2n) is 7.74. The van der Waals surface area contributed by atoms with Crippen LogP contribution >= 0.6 is 0 Å². The van der Waals surface area contributed by atoms with Gasteiger partial charge in [0.2, 0.25) is 0 Å². The third-order valence-electron chi connectivity index (χ3n) is 5.13. The second kappa shape index (κ2) is 18.3. The number of benzene rings is 1. The molecule has 1 aromatic rings. The van der Waals surface area contributed by atoms with E-state index in [0.717, 1.165) is 12.4 Å². The molecule has 0 spiro atoms. The maximum atomic E-state index is 5.78. The molecule has 27 heavy (non-hydrogen) atoms.